The fourth-order valence-electron chi connectivity index (χ4n) is 3.28. The minimum Gasteiger partial charge on any atom is -0.396 e. The fraction of sp³-hybridized carbons (Fsp3) is 0.304. The van der Waals surface area contributed by atoms with Crippen molar-refractivity contribution in [3.63, 3.8) is 0 Å². The standard InChI is InChI=1S/C23H27N5O2/c1-17-14-21(25-19-6-10-28(16-19)11-13-30)27-22(20(17)15-24)26-18-4-3-7-23(2,8-5-18)9-12-29/h3-8,10,14,16,29-30H,9,11-13H2,1-2H3,(H2,25,26,27). The highest BCUT2D eigenvalue weighted by Gasteiger charge is 2.18. The van der Waals surface area contributed by atoms with Crippen LogP contribution in [0.2, 0.25) is 0 Å². The maximum atomic E-state index is 9.62. The third-order valence-electron chi connectivity index (χ3n) is 5.02. The van der Waals surface area contributed by atoms with Crippen LogP contribution in [-0.4, -0.2) is 33.0 Å². The molecule has 0 aliphatic heterocycles. The first kappa shape index (κ1) is 21.4. The minimum absolute atomic E-state index is 0.0742. The molecule has 2 heterocycles. The number of nitrogens with zero attached hydrogens (tertiary/aromatic N) is 3. The third-order valence-corrected chi connectivity index (χ3v) is 5.02. The Morgan fingerprint density at radius 2 is 2.07 bits per heavy atom. The fourth-order valence-corrected chi connectivity index (χ4v) is 3.28. The molecule has 4 N–H and O–H groups in total. The summed E-state index contributed by atoms with van der Waals surface area (Å²) < 4.78 is 1.88. The van der Waals surface area contributed by atoms with Crippen molar-refractivity contribution in [1.29, 1.82) is 5.26 Å². The molecule has 0 aromatic carbocycles. The van der Waals surface area contributed by atoms with Gasteiger partial charge in [0.25, 0.3) is 0 Å². The number of nitrogens with one attached hydrogen (secondary N) is 2. The molecule has 7 nitrogen and oxygen atoms in total. The smallest absolute Gasteiger partial charge is 0.151 e. The second-order valence-corrected chi connectivity index (χ2v) is 7.57. The summed E-state index contributed by atoms with van der Waals surface area (Å²) in [6.07, 6.45) is 14.3. The molecule has 0 amide bonds. The number of hydrogen-bond donors (Lipinski definition) is 4. The number of pyridine rings is 1. The van der Waals surface area contributed by atoms with Gasteiger partial charge >= 0.3 is 0 Å². The van der Waals surface area contributed by atoms with Crippen molar-refractivity contribution in [3.8, 4) is 6.07 Å². The summed E-state index contributed by atoms with van der Waals surface area (Å²) in [5, 5.41) is 34.5. The van der Waals surface area contributed by atoms with Crippen LogP contribution in [0.15, 0.2) is 60.6 Å². The van der Waals surface area contributed by atoms with E-state index in [1.54, 1.807) is 0 Å². The highest BCUT2D eigenvalue weighted by Crippen LogP contribution is 2.29. The van der Waals surface area contributed by atoms with E-state index < -0.39 is 0 Å². The number of rotatable bonds is 8. The van der Waals surface area contributed by atoms with Crippen LogP contribution >= 0.6 is 0 Å². The first-order valence-corrected chi connectivity index (χ1v) is 9.88. The summed E-state index contributed by atoms with van der Waals surface area (Å²) in [7, 11) is 0. The Morgan fingerprint density at radius 1 is 1.23 bits per heavy atom. The number of hydrogen-bond acceptors (Lipinski definition) is 6. The molecule has 7 heteroatoms. The van der Waals surface area contributed by atoms with Crippen molar-refractivity contribution in [2.75, 3.05) is 23.8 Å². The molecule has 1 aliphatic carbocycles. The van der Waals surface area contributed by atoms with Crippen molar-refractivity contribution in [1.82, 2.24) is 9.55 Å². The zero-order valence-corrected chi connectivity index (χ0v) is 17.3. The van der Waals surface area contributed by atoms with Crippen LogP contribution < -0.4 is 10.6 Å². The molecule has 2 aromatic rings. The molecule has 2 aromatic heterocycles. The summed E-state index contributed by atoms with van der Waals surface area (Å²) in [4.78, 5) is 4.61. The average Bonchev–Trinajstić information content (AvgIpc) is 3.05. The quantitative estimate of drug-likeness (QED) is 0.535. The molecule has 0 radical (unpaired) electrons. The van der Waals surface area contributed by atoms with E-state index >= 15 is 0 Å². The molecule has 0 fully saturated rings. The van der Waals surface area contributed by atoms with Crippen molar-refractivity contribution < 1.29 is 10.2 Å². The van der Waals surface area contributed by atoms with Crippen LogP contribution in [-0.2, 0) is 6.54 Å². The van der Waals surface area contributed by atoms with Crippen LogP contribution in [0.4, 0.5) is 17.3 Å². The number of aromatic nitrogens is 2. The van der Waals surface area contributed by atoms with Crippen molar-refractivity contribution in [3.05, 3.63) is 71.7 Å². The van der Waals surface area contributed by atoms with Gasteiger partial charge in [0.05, 0.1) is 17.9 Å². The third kappa shape index (κ3) is 5.17. The van der Waals surface area contributed by atoms with Crippen molar-refractivity contribution in [2.45, 2.75) is 26.8 Å². The Balaban J connectivity index is 1.84. The molecular formula is C23H27N5O2. The van der Waals surface area contributed by atoms with Crippen molar-refractivity contribution in [2.24, 2.45) is 5.41 Å². The Kier molecular flexibility index (Phi) is 6.72. The summed E-state index contributed by atoms with van der Waals surface area (Å²) in [5.74, 6) is 1.10. The lowest BCUT2D eigenvalue weighted by Crippen LogP contribution is -2.11. The predicted octanol–water partition coefficient (Wildman–Crippen LogP) is 3.61. The van der Waals surface area contributed by atoms with Gasteiger partial charge in [0.1, 0.15) is 11.9 Å². The minimum atomic E-state index is -0.221. The van der Waals surface area contributed by atoms with Gasteiger partial charge in [-0.3, -0.25) is 0 Å². The summed E-state index contributed by atoms with van der Waals surface area (Å²) >= 11 is 0. The Morgan fingerprint density at radius 3 is 2.80 bits per heavy atom. The molecule has 1 atom stereocenters. The van der Waals surface area contributed by atoms with Crippen LogP contribution in [0.3, 0.4) is 0 Å². The maximum Gasteiger partial charge on any atom is 0.151 e. The normalized spacial score (nSPS) is 17.9. The topological polar surface area (TPSA) is 106 Å². The maximum absolute atomic E-state index is 9.62. The van der Waals surface area contributed by atoms with Gasteiger partial charge in [-0.25, -0.2) is 4.98 Å². The van der Waals surface area contributed by atoms with Crippen LogP contribution in [0, 0.1) is 23.7 Å². The lowest BCUT2D eigenvalue weighted by atomic mass is 9.87. The molecule has 0 saturated carbocycles. The number of allylic oxidation sites excluding steroid dienone is 5. The van der Waals surface area contributed by atoms with Gasteiger partial charge in [-0.1, -0.05) is 25.2 Å². The molecule has 30 heavy (non-hydrogen) atoms. The highest BCUT2D eigenvalue weighted by atomic mass is 16.3. The molecule has 0 saturated heterocycles. The first-order chi connectivity index (χ1) is 14.5. The van der Waals surface area contributed by atoms with E-state index in [-0.39, 0.29) is 18.6 Å². The lowest BCUT2D eigenvalue weighted by Gasteiger charge is -2.19. The Bertz CT molecular complexity index is 1030. The number of aryl methyl sites for hydroxylation is 1. The second kappa shape index (κ2) is 9.44. The highest BCUT2D eigenvalue weighted by molar-refractivity contribution is 5.66. The first-order valence-electron chi connectivity index (χ1n) is 9.88. The zero-order valence-electron chi connectivity index (χ0n) is 17.3. The van der Waals surface area contributed by atoms with E-state index in [1.165, 1.54) is 0 Å². The van der Waals surface area contributed by atoms with Crippen LogP contribution in [0.5, 0.6) is 0 Å². The molecule has 3 rings (SSSR count). The van der Waals surface area contributed by atoms with Gasteiger partial charge in [-0.2, -0.15) is 5.26 Å². The molecule has 0 spiro atoms. The van der Waals surface area contributed by atoms with Gasteiger partial charge in [0, 0.05) is 36.7 Å². The van der Waals surface area contributed by atoms with Gasteiger partial charge in [-0.15, -0.1) is 0 Å². The monoisotopic (exact) mass is 405 g/mol. The van der Waals surface area contributed by atoms with Gasteiger partial charge in [-0.05, 0) is 43.2 Å². The summed E-state index contributed by atoms with van der Waals surface area (Å²) in [5.41, 5.74) is 2.73. The van der Waals surface area contributed by atoms with Gasteiger partial charge < -0.3 is 25.4 Å². The van der Waals surface area contributed by atoms with E-state index in [2.05, 4.69) is 28.6 Å². The van der Waals surface area contributed by atoms with Crippen LogP contribution in [0.1, 0.15) is 24.5 Å². The number of aliphatic hydroxyl groups excluding tert-OH is 2. The molecule has 0 bridgehead atoms. The average molecular weight is 406 g/mol. The number of nitriles is 1. The van der Waals surface area contributed by atoms with E-state index in [1.807, 2.05) is 66.4 Å². The Labute approximate surface area is 176 Å². The summed E-state index contributed by atoms with van der Waals surface area (Å²) in [6.45, 7) is 4.65. The molecular weight excluding hydrogens is 378 g/mol. The van der Waals surface area contributed by atoms with Crippen LogP contribution in [0.25, 0.3) is 0 Å². The number of anilines is 3. The lowest BCUT2D eigenvalue weighted by molar-refractivity contribution is 0.253. The van der Waals surface area contributed by atoms with Crippen molar-refractivity contribution >= 4 is 17.3 Å². The van der Waals surface area contributed by atoms with Gasteiger partial charge in [0.2, 0.25) is 0 Å². The zero-order chi connectivity index (χ0) is 21.6. The molecule has 156 valence electrons. The van der Waals surface area contributed by atoms with E-state index in [9.17, 15) is 10.4 Å². The predicted molar refractivity (Wildman–Crippen MR) is 118 cm³/mol. The SMILES string of the molecule is Cc1cc(Nc2ccn(CCO)c2)nc(NC2=CC=CC(C)(CCO)C=C2)c1C#N. The van der Waals surface area contributed by atoms with Gasteiger partial charge in [0.15, 0.2) is 5.82 Å². The summed E-state index contributed by atoms with van der Waals surface area (Å²) in [6, 6.07) is 5.97. The number of aliphatic hydroxyl groups is 2. The van der Waals surface area contributed by atoms with E-state index in [4.69, 9.17) is 5.11 Å². The second-order valence-electron chi connectivity index (χ2n) is 7.57. The molecule has 1 unspecified atom stereocenters. The Hall–Kier alpha value is -3.34. The van der Waals surface area contributed by atoms with E-state index in [0.29, 0.717) is 30.2 Å². The van der Waals surface area contributed by atoms with E-state index in [0.717, 1.165) is 16.9 Å². The molecule has 1 aliphatic rings. The largest absolute Gasteiger partial charge is 0.396 e.